The molecule has 0 heterocycles. The van der Waals surface area contributed by atoms with E-state index in [1.54, 1.807) is 50.3 Å². The second kappa shape index (κ2) is 8.20. The average Bonchev–Trinajstić information content (AvgIpc) is 2.80. The van der Waals surface area contributed by atoms with Crippen LogP contribution >= 0.6 is 0 Å². The van der Waals surface area contributed by atoms with Crippen molar-refractivity contribution in [2.24, 2.45) is 0 Å². The van der Waals surface area contributed by atoms with Gasteiger partial charge in [-0.2, -0.15) is 0 Å². The summed E-state index contributed by atoms with van der Waals surface area (Å²) in [4.78, 5) is 25.2. The van der Waals surface area contributed by atoms with Crippen LogP contribution in [-0.4, -0.2) is 11.6 Å². The van der Waals surface area contributed by atoms with E-state index in [-0.39, 0.29) is 22.5 Å². The zero-order valence-electron chi connectivity index (χ0n) is 18.5. The van der Waals surface area contributed by atoms with Gasteiger partial charge in [0.25, 0.3) is 0 Å². The fourth-order valence-corrected chi connectivity index (χ4v) is 4.21. The standard InChI is InChI=1S/C30H18F2O2/c1-17-10-21-15-24-23(14-22(21)16-27(17)33)11-18(2)30(34)28(24)29-25(31)12-20(13-26(29)32)9-8-19-6-4-3-5-7-19/h3-7,10-16H,1-2H3. The Balaban J connectivity index is 1.72. The highest BCUT2D eigenvalue weighted by Gasteiger charge is 2.26. The number of carbonyl (C=O) groups excluding carboxylic acids is 2. The van der Waals surface area contributed by atoms with E-state index < -0.39 is 17.4 Å². The predicted octanol–water partition coefficient (Wildman–Crippen LogP) is 4.32. The van der Waals surface area contributed by atoms with Crippen LogP contribution in [0, 0.1) is 23.5 Å². The molecule has 5 rings (SSSR count). The van der Waals surface area contributed by atoms with Crippen molar-refractivity contribution in [3.63, 3.8) is 0 Å². The zero-order valence-corrected chi connectivity index (χ0v) is 18.5. The average molecular weight is 448 g/mol. The number of halogens is 2. The molecule has 3 aromatic carbocycles. The van der Waals surface area contributed by atoms with Gasteiger partial charge in [0, 0.05) is 16.7 Å². The molecule has 0 atom stereocenters. The lowest BCUT2D eigenvalue weighted by Crippen LogP contribution is -2.28. The van der Waals surface area contributed by atoms with E-state index in [4.69, 9.17) is 0 Å². The summed E-state index contributed by atoms with van der Waals surface area (Å²) in [6.45, 7) is 3.31. The van der Waals surface area contributed by atoms with E-state index >= 15 is 8.78 Å². The van der Waals surface area contributed by atoms with E-state index in [2.05, 4.69) is 11.8 Å². The Morgan fingerprint density at radius 1 is 0.706 bits per heavy atom. The van der Waals surface area contributed by atoms with Crippen LogP contribution in [0.15, 0.2) is 65.7 Å². The molecule has 2 aliphatic carbocycles. The van der Waals surface area contributed by atoms with Gasteiger partial charge in [0.05, 0.1) is 5.56 Å². The van der Waals surface area contributed by atoms with Crippen molar-refractivity contribution in [3.05, 3.63) is 116 Å². The molecule has 164 valence electrons. The van der Waals surface area contributed by atoms with Gasteiger partial charge in [0.1, 0.15) is 11.6 Å². The second-order valence-corrected chi connectivity index (χ2v) is 8.37. The number of hydrogen-bond acceptors (Lipinski definition) is 2. The molecule has 2 aliphatic rings. The van der Waals surface area contributed by atoms with Gasteiger partial charge in [0.15, 0.2) is 11.6 Å². The first-order valence-corrected chi connectivity index (χ1v) is 10.7. The monoisotopic (exact) mass is 448 g/mol. The summed E-state index contributed by atoms with van der Waals surface area (Å²) in [6, 6.07) is 14.9. The molecule has 0 N–H and O–H groups in total. The lowest BCUT2D eigenvalue weighted by Gasteiger charge is -2.17. The van der Waals surface area contributed by atoms with Gasteiger partial charge in [-0.1, -0.05) is 30.0 Å². The number of carbonyl (C=O) groups is 2. The number of ketones is 2. The summed E-state index contributed by atoms with van der Waals surface area (Å²) >= 11 is 0. The number of allylic oxidation sites excluding steroid dienone is 2. The molecule has 0 spiro atoms. The first-order chi connectivity index (χ1) is 16.3. The quantitative estimate of drug-likeness (QED) is 0.520. The normalized spacial score (nSPS) is 14.3. The molecular weight excluding hydrogens is 430 g/mol. The zero-order chi connectivity index (χ0) is 24.0. The van der Waals surface area contributed by atoms with Crippen LogP contribution in [0.25, 0.3) is 23.8 Å². The molecule has 0 radical (unpaired) electrons. The number of Topliss-reactive ketones (excluding diaryl/α,β-unsaturated/α-hetero) is 2. The minimum Gasteiger partial charge on any atom is -0.290 e. The largest absolute Gasteiger partial charge is 0.290 e. The molecule has 0 aliphatic heterocycles. The van der Waals surface area contributed by atoms with Crippen LogP contribution < -0.4 is 10.4 Å². The minimum absolute atomic E-state index is 0.0293. The van der Waals surface area contributed by atoms with Crippen molar-refractivity contribution < 1.29 is 18.4 Å². The molecule has 0 amide bonds. The minimum atomic E-state index is -0.854. The third-order valence-electron chi connectivity index (χ3n) is 5.95. The van der Waals surface area contributed by atoms with Crippen LogP contribution in [0.3, 0.4) is 0 Å². The summed E-state index contributed by atoms with van der Waals surface area (Å²) in [5.41, 5.74) is 2.77. The van der Waals surface area contributed by atoms with Crippen LogP contribution in [0.2, 0.25) is 0 Å². The van der Waals surface area contributed by atoms with Crippen LogP contribution in [0.1, 0.15) is 41.7 Å². The topological polar surface area (TPSA) is 34.1 Å². The SMILES string of the molecule is CC1=Cc2cc3c(cc2=CC1=O)C=C(C)C(=O)C=3c1c(F)cc(C#Cc2ccccc2)cc1F. The molecular formula is C30H18F2O2. The Bertz CT molecular complexity index is 1640. The van der Waals surface area contributed by atoms with Gasteiger partial charge in [-0.15, -0.1) is 0 Å². The van der Waals surface area contributed by atoms with Crippen LogP contribution in [-0.2, 0) is 9.59 Å². The summed E-state index contributed by atoms with van der Waals surface area (Å²) in [5, 5.41) is 1.14. The third-order valence-corrected chi connectivity index (χ3v) is 5.95. The van der Waals surface area contributed by atoms with Crippen molar-refractivity contribution in [2.75, 3.05) is 0 Å². The predicted molar refractivity (Wildman–Crippen MR) is 129 cm³/mol. The lowest BCUT2D eigenvalue weighted by atomic mass is 9.85. The number of hydrogen-bond donors (Lipinski definition) is 0. The molecule has 2 nitrogen and oxygen atoms in total. The highest BCUT2D eigenvalue weighted by atomic mass is 19.1. The fraction of sp³-hybridized carbons (Fsp3) is 0.0667. The summed E-state index contributed by atoms with van der Waals surface area (Å²) in [5.74, 6) is 3.43. The Hall–Kier alpha value is -4.36. The van der Waals surface area contributed by atoms with E-state index in [9.17, 15) is 9.59 Å². The maximum Gasteiger partial charge on any atom is 0.190 e. The van der Waals surface area contributed by atoms with E-state index in [0.29, 0.717) is 27.1 Å². The first kappa shape index (κ1) is 21.5. The van der Waals surface area contributed by atoms with Crippen molar-refractivity contribution in [1.82, 2.24) is 0 Å². The van der Waals surface area contributed by atoms with Gasteiger partial charge in [-0.25, -0.2) is 8.78 Å². The third kappa shape index (κ3) is 3.72. The first-order valence-electron chi connectivity index (χ1n) is 10.7. The molecule has 0 unspecified atom stereocenters. The molecule has 0 saturated carbocycles. The maximum atomic E-state index is 15.3. The maximum absolute atomic E-state index is 15.3. The van der Waals surface area contributed by atoms with Gasteiger partial charge in [-0.05, 0) is 101 Å². The Labute approximate surface area is 195 Å². The van der Waals surface area contributed by atoms with Crippen molar-refractivity contribution in [2.45, 2.75) is 13.8 Å². The Morgan fingerprint density at radius 3 is 2.06 bits per heavy atom. The summed E-state index contributed by atoms with van der Waals surface area (Å²) in [6.07, 6.45) is 4.94. The smallest absolute Gasteiger partial charge is 0.190 e. The fourth-order valence-electron chi connectivity index (χ4n) is 4.21. The van der Waals surface area contributed by atoms with Crippen molar-refractivity contribution in [3.8, 4) is 11.8 Å². The molecule has 3 aromatic rings. The highest BCUT2D eigenvalue weighted by Crippen LogP contribution is 2.27. The van der Waals surface area contributed by atoms with E-state index in [1.807, 2.05) is 18.2 Å². The van der Waals surface area contributed by atoms with Crippen molar-refractivity contribution >= 4 is 35.4 Å². The van der Waals surface area contributed by atoms with Gasteiger partial charge < -0.3 is 0 Å². The van der Waals surface area contributed by atoms with E-state index in [1.165, 1.54) is 6.08 Å². The molecule has 0 aromatic heterocycles. The van der Waals surface area contributed by atoms with Crippen LogP contribution in [0.5, 0.6) is 0 Å². The molecule has 0 saturated heterocycles. The Morgan fingerprint density at radius 2 is 1.35 bits per heavy atom. The number of benzene rings is 3. The Kier molecular flexibility index (Phi) is 5.18. The summed E-state index contributed by atoms with van der Waals surface area (Å²) < 4.78 is 30.6. The molecule has 34 heavy (non-hydrogen) atoms. The molecule has 0 fully saturated rings. The van der Waals surface area contributed by atoms with Crippen LogP contribution in [0.4, 0.5) is 8.78 Å². The van der Waals surface area contributed by atoms with Gasteiger partial charge >= 0.3 is 0 Å². The van der Waals surface area contributed by atoms with Gasteiger partial charge in [-0.3, -0.25) is 9.59 Å². The number of fused-ring (bicyclic) bond motifs is 2. The van der Waals surface area contributed by atoms with E-state index in [0.717, 1.165) is 23.3 Å². The lowest BCUT2D eigenvalue weighted by molar-refractivity contribution is -0.111. The van der Waals surface area contributed by atoms with Crippen molar-refractivity contribution in [1.29, 1.82) is 0 Å². The summed E-state index contributed by atoms with van der Waals surface area (Å²) in [7, 11) is 0. The highest BCUT2D eigenvalue weighted by molar-refractivity contribution is 6.31. The van der Waals surface area contributed by atoms with Gasteiger partial charge in [0.2, 0.25) is 0 Å². The second-order valence-electron chi connectivity index (χ2n) is 8.37. The number of rotatable bonds is 1. The molecule has 0 bridgehead atoms. The molecule has 4 heteroatoms.